The lowest BCUT2D eigenvalue weighted by Crippen LogP contribution is -2.08. The zero-order valence-electron chi connectivity index (χ0n) is 19.5. The minimum absolute atomic E-state index is 0.128. The molecule has 0 aliphatic heterocycles. The van der Waals surface area contributed by atoms with E-state index in [9.17, 15) is 8.42 Å². The summed E-state index contributed by atoms with van der Waals surface area (Å²) in [6.07, 6.45) is 1.29. The number of rotatable bonds is 10. The third kappa shape index (κ3) is 7.04. The second-order valence-corrected chi connectivity index (χ2v) is 10.8. The van der Waals surface area contributed by atoms with E-state index in [1.54, 1.807) is 24.3 Å². The molecule has 0 saturated heterocycles. The van der Waals surface area contributed by atoms with Gasteiger partial charge in [0.1, 0.15) is 12.4 Å². The average molecular weight is 552 g/mol. The molecule has 4 aromatic rings. The van der Waals surface area contributed by atoms with Crippen molar-refractivity contribution in [3.63, 3.8) is 0 Å². The van der Waals surface area contributed by atoms with E-state index < -0.39 is 10.1 Å². The zero-order chi connectivity index (χ0) is 24.7. The maximum absolute atomic E-state index is 12.4. The highest BCUT2D eigenvalue weighted by Gasteiger charge is 2.14. The summed E-state index contributed by atoms with van der Waals surface area (Å²) in [4.78, 5) is 0.183. The van der Waals surface area contributed by atoms with Crippen LogP contribution in [0.5, 0.6) is 5.75 Å². The molecule has 4 rings (SSSR count). The van der Waals surface area contributed by atoms with Crippen LogP contribution < -0.4 is 4.74 Å². The Kier molecular flexibility index (Phi) is 8.39. The molecule has 0 unspecified atom stereocenters. The molecule has 0 amide bonds. The van der Waals surface area contributed by atoms with E-state index in [1.165, 1.54) is 0 Å². The summed E-state index contributed by atoms with van der Waals surface area (Å²) in [5.41, 5.74) is 5.25. The first-order valence-corrected chi connectivity index (χ1v) is 13.6. The molecular weight excluding hydrogens is 524 g/mol. The molecule has 0 aliphatic carbocycles. The second kappa shape index (κ2) is 11.7. The number of halogens is 1. The van der Waals surface area contributed by atoms with Crippen molar-refractivity contribution in [2.24, 2.45) is 0 Å². The average Bonchev–Trinajstić information content (AvgIpc) is 2.87. The van der Waals surface area contributed by atoms with Gasteiger partial charge in [-0.15, -0.1) is 0 Å². The number of aryl methyl sites for hydroxylation is 2. The maximum Gasteiger partial charge on any atom is 0.296 e. The summed E-state index contributed by atoms with van der Waals surface area (Å²) in [7, 11) is -3.74. The minimum Gasteiger partial charge on any atom is -0.488 e. The maximum atomic E-state index is 12.4. The lowest BCUT2D eigenvalue weighted by molar-refractivity contribution is 0.307. The molecule has 4 aromatic carbocycles. The fourth-order valence-electron chi connectivity index (χ4n) is 3.70. The van der Waals surface area contributed by atoms with E-state index in [1.807, 2.05) is 61.5 Å². The summed E-state index contributed by atoms with van der Waals surface area (Å²) in [6, 6.07) is 31.0. The summed E-state index contributed by atoms with van der Waals surface area (Å²) in [6.45, 7) is 2.53. The lowest BCUT2D eigenvalue weighted by Gasteiger charge is -2.13. The van der Waals surface area contributed by atoms with E-state index in [4.69, 9.17) is 8.92 Å². The van der Waals surface area contributed by atoms with Crippen LogP contribution in [-0.2, 0) is 27.3 Å². The van der Waals surface area contributed by atoms with Crippen molar-refractivity contribution in [1.82, 2.24) is 0 Å². The summed E-state index contributed by atoms with van der Waals surface area (Å²) in [5, 5.41) is 0. The van der Waals surface area contributed by atoms with Crippen molar-refractivity contribution in [3.05, 3.63) is 118 Å². The molecule has 180 valence electrons. The Morgan fingerprint density at radius 3 is 2.31 bits per heavy atom. The molecular formula is C29H27BrO4S. The SMILES string of the molecule is Cc1ccc(S(=O)(=O)OCCCc2cccc(-c3cc(Br)ccc3OCc3ccccc3)c2)cc1. The molecule has 0 radical (unpaired) electrons. The molecule has 0 heterocycles. The van der Waals surface area contributed by atoms with Crippen LogP contribution in [0.1, 0.15) is 23.1 Å². The highest BCUT2D eigenvalue weighted by Crippen LogP contribution is 2.34. The molecule has 0 atom stereocenters. The van der Waals surface area contributed by atoms with Gasteiger partial charge < -0.3 is 4.74 Å². The van der Waals surface area contributed by atoms with E-state index in [2.05, 4.69) is 34.1 Å². The second-order valence-electron chi connectivity index (χ2n) is 8.31. The predicted molar refractivity (Wildman–Crippen MR) is 143 cm³/mol. The Balaban J connectivity index is 1.41. The number of ether oxygens (including phenoxy) is 1. The van der Waals surface area contributed by atoms with Gasteiger partial charge in [-0.2, -0.15) is 8.42 Å². The Hall–Kier alpha value is -2.93. The monoisotopic (exact) mass is 550 g/mol. The Labute approximate surface area is 215 Å². The van der Waals surface area contributed by atoms with Gasteiger partial charge in [0.2, 0.25) is 0 Å². The van der Waals surface area contributed by atoms with Gasteiger partial charge >= 0.3 is 0 Å². The van der Waals surface area contributed by atoms with Gasteiger partial charge in [-0.1, -0.05) is 88.2 Å². The molecule has 0 bridgehead atoms. The third-order valence-electron chi connectivity index (χ3n) is 5.57. The van der Waals surface area contributed by atoms with Gasteiger partial charge in [0.15, 0.2) is 0 Å². The van der Waals surface area contributed by atoms with Crippen LogP contribution in [0.4, 0.5) is 0 Å². The van der Waals surface area contributed by atoms with Crippen molar-refractivity contribution in [3.8, 4) is 16.9 Å². The number of hydrogen-bond acceptors (Lipinski definition) is 4. The predicted octanol–water partition coefficient (Wildman–Crippen LogP) is 7.34. The van der Waals surface area contributed by atoms with Crippen LogP contribution in [0.3, 0.4) is 0 Å². The van der Waals surface area contributed by atoms with Crippen molar-refractivity contribution < 1.29 is 17.3 Å². The normalized spacial score (nSPS) is 11.4. The Morgan fingerprint density at radius 2 is 1.54 bits per heavy atom. The van der Waals surface area contributed by atoms with Gasteiger partial charge in [0.05, 0.1) is 11.5 Å². The van der Waals surface area contributed by atoms with Crippen molar-refractivity contribution in [1.29, 1.82) is 0 Å². The molecule has 6 heteroatoms. The van der Waals surface area contributed by atoms with Gasteiger partial charge in [-0.3, -0.25) is 4.18 Å². The molecule has 0 fully saturated rings. The highest BCUT2D eigenvalue weighted by molar-refractivity contribution is 9.10. The van der Waals surface area contributed by atoms with E-state index in [0.29, 0.717) is 19.4 Å². The fourth-order valence-corrected chi connectivity index (χ4v) is 5.01. The molecule has 35 heavy (non-hydrogen) atoms. The standard InChI is InChI=1S/C29H27BrO4S/c1-22-12-15-27(16-13-22)35(31,32)34-18-6-10-23-9-5-11-25(19-23)28-20-26(30)14-17-29(28)33-21-24-7-3-2-4-8-24/h2-5,7-9,11-17,19-20H,6,10,18,21H2,1H3. The quantitative estimate of drug-likeness (QED) is 0.153. The van der Waals surface area contributed by atoms with Gasteiger partial charge in [0, 0.05) is 10.0 Å². The first kappa shape index (κ1) is 25.2. The fraction of sp³-hybridized carbons (Fsp3) is 0.172. The van der Waals surface area contributed by atoms with E-state index >= 15 is 0 Å². The Bertz CT molecular complexity index is 1370. The smallest absolute Gasteiger partial charge is 0.296 e. The van der Waals surface area contributed by atoms with Crippen LogP contribution in [0.2, 0.25) is 0 Å². The van der Waals surface area contributed by atoms with Gasteiger partial charge in [-0.05, 0) is 66.8 Å². The van der Waals surface area contributed by atoms with Crippen molar-refractivity contribution >= 4 is 26.0 Å². The van der Waals surface area contributed by atoms with Crippen LogP contribution >= 0.6 is 15.9 Å². The van der Waals surface area contributed by atoms with Gasteiger partial charge in [-0.25, -0.2) is 0 Å². The van der Waals surface area contributed by atoms with E-state index in [-0.39, 0.29) is 11.5 Å². The largest absolute Gasteiger partial charge is 0.488 e. The van der Waals surface area contributed by atoms with Crippen LogP contribution in [0.25, 0.3) is 11.1 Å². The first-order chi connectivity index (χ1) is 16.9. The third-order valence-corrected chi connectivity index (χ3v) is 7.39. The number of hydrogen-bond donors (Lipinski definition) is 0. The molecule has 4 nitrogen and oxygen atoms in total. The van der Waals surface area contributed by atoms with Gasteiger partial charge in [0.25, 0.3) is 10.1 Å². The van der Waals surface area contributed by atoms with Crippen molar-refractivity contribution in [2.75, 3.05) is 6.61 Å². The topological polar surface area (TPSA) is 52.6 Å². The zero-order valence-corrected chi connectivity index (χ0v) is 21.9. The summed E-state index contributed by atoms with van der Waals surface area (Å²) < 4.78 is 37.1. The summed E-state index contributed by atoms with van der Waals surface area (Å²) >= 11 is 3.57. The number of benzene rings is 4. The lowest BCUT2D eigenvalue weighted by atomic mass is 10.0. The molecule has 0 aliphatic rings. The summed E-state index contributed by atoms with van der Waals surface area (Å²) in [5.74, 6) is 0.807. The van der Waals surface area contributed by atoms with Crippen LogP contribution in [0.15, 0.2) is 106 Å². The minimum atomic E-state index is -3.74. The molecule has 0 N–H and O–H groups in total. The molecule has 0 spiro atoms. The Morgan fingerprint density at radius 1 is 0.800 bits per heavy atom. The van der Waals surface area contributed by atoms with Crippen LogP contribution in [0, 0.1) is 6.92 Å². The molecule has 0 saturated carbocycles. The highest BCUT2D eigenvalue weighted by atomic mass is 79.9. The van der Waals surface area contributed by atoms with E-state index in [0.717, 1.165) is 38.0 Å². The first-order valence-electron chi connectivity index (χ1n) is 11.4. The molecule has 0 aromatic heterocycles. The van der Waals surface area contributed by atoms with Crippen LogP contribution in [-0.4, -0.2) is 15.0 Å². The van der Waals surface area contributed by atoms with Crippen molar-refractivity contribution in [2.45, 2.75) is 31.3 Å².